The molecule has 0 N–H and O–H groups in total. The molecule has 0 atom stereocenters. The van der Waals surface area contributed by atoms with E-state index in [2.05, 4.69) is 13.0 Å². The van der Waals surface area contributed by atoms with Gasteiger partial charge in [-0.05, 0) is 41.9 Å². The first-order chi connectivity index (χ1) is 12.3. The minimum atomic E-state index is -0.0908. The van der Waals surface area contributed by atoms with E-state index in [4.69, 9.17) is 0 Å². The summed E-state index contributed by atoms with van der Waals surface area (Å²) in [5.74, 6) is 1.72. The van der Waals surface area contributed by atoms with E-state index in [1.165, 1.54) is 51.4 Å². The third-order valence-corrected chi connectivity index (χ3v) is 5.89. The lowest BCUT2D eigenvalue weighted by atomic mass is 9.78. The topological polar surface area (TPSA) is 0 Å². The maximum Gasteiger partial charge on any atom is 0.131 e. The van der Waals surface area contributed by atoms with Gasteiger partial charge < -0.3 is 0 Å². The van der Waals surface area contributed by atoms with E-state index in [0.717, 1.165) is 29.4 Å². The Kier molecular flexibility index (Phi) is 6.67. The molecule has 0 amide bonds. The van der Waals surface area contributed by atoms with Crippen molar-refractivity contribution >= 4 is 0 Å². The van der Waals surface area contributed by atoms with Gasteiger partial charge in [-0.1, -0.05) is 94.3 Å². The van der Waals surface area contributed by atoms with Gasteiger partial charge >= 0.3 is 0 Å². The molecule has 1 aliphatic carbocycles. The normalized spacial score (nSPS) is 20.6. The van der Waals surface area contributed by atoms with E-state index in [9.17, 15) is 4.39 Å². The smallest absolute Gasteiger partial charge is 0.131 e. The van der Waals surface area contributed by atoms with Crippen LogP contribution in [0.4, 0.5) is 4.39 Å². The van der Waals surface area contributed by atoms with Gasteiger partial charge in [0.15, 0.2) is 0 Å². The maximum absolute atomic E-state index is 14.5. The zero-order chi connectivity index (χ0) is 17.5. The summed E-state index contributed by atoms with van der Waals surface area (Å²) in [5.41, 5.74) is 2.81. The predicted octanol–water partition coefficient (Wildman–Crippen LogP) is 7.42. The van der Waals surface area contributed by atoms with Gasteiger partial charge in [-0.25, -0.2) is 4.39 Å². The Labute approximate surface area is 152 Å². The second-order valence-corrected chi connectivity index (χ2v) is 7.75. The minimum Gasteiger partial charge on any atom is -0.206 e. The number of aryl methyl sites for hydroxylation is 1. The van der Waals surface area contributed by atoms with Crippen LogP contribution in [-0.2, 0) is 6.42 Å². The van der Waals surface area contributed by atoms with Crippen molar-refractivity contribution in [1.82, 2.24) is 0 Å². The summed E-state index contributed by atoms with van der Waals surface area (Å²) in [6.45, 7) is 2.29. The van der Waals surface area contributed by atoms with Gasteiger partial charge in [0.25, 0.3) is 0 Å². The molecule has 0 nitrogen and oxygen atoms in total. The summed E-state index contributed by atoms with van der Waals surface area (Å²) in [7, 11) is 0. The number of rotatable bonds is 7. The van der Waals surface area contributed by atoms with Crippen molar-refractivity contribution < 1.29 is 4.39 Å². The first-order valence-corrected chi connectivity index (χ1v) is 10.1. The molecular formula is C24H31F. The van der Waals surface area contributed by atoms with Crippen molar-refractivity contribution in [2.24, 2.45) is 11.8 Å². The second-order valence-electron chi connectivity index (χ2n) is 7.75. The molecule has 2 aromatic carbocycles. The Morgan fingerprint density at radius 2 is 1.56 bits per heavy atom. The maximum atomic E-state index is 14.5. The summed E-state index contributed by atoms with van der Waals surface area (Å²) in [4.78, 5) is 0. The predicted molar refractivity (Wildman–Crippen MR) is 105 cm³/mol. The highest BCUT2D eigenvalue weighted by Gasteiger charge is 2.20. The highest BCUT2D eigenvalue weighted by molar-refractivity contribution is 5.64. The van der Waals surface area contributed by atoms with E-state index in [0.29, 0.717) is 5.56 Å². The molecule has 0 heterocycles. The lowest BCUT2D eigenvalue weighted by Crippen LogP contribution is -2.15. The third kappa shape index (κ3) is 5.17. The van der Waals surface area contributed by atoms with Crippen LogP contribution in [0, 0.1) is 17.7 Å². The molecule has 3 rings (SSSR count). The van der Waals surface area contributed by atoms with Crippen LogP contribution in [0.3, 0.4) is 0 Å². The summed E-state index contributed by atoms with van der Waals surface area (Å²) in [5, 5.41) is 0. The zero-order valence-corrected chi connectivity index (χ0v) is 15.5. The van der Waals surface area contributed by atoms with Gasteiger partial charge in [0, 0.05) is 5.56 Å². The molecule has 1 fully saturated rings. The van der Waals surface area contributed by atoms with Crippen molar-refractivity contribution in [3.05, 3.63) is 59.9 Å². The highest BCUT2D eigenvalue weighted by Crippen LogP contribution is 2.34. The lowest BCUT2D eigenvalue weighted by molar-refractivity contribution is 0.250. The lowest BCUT2D eigenvalue weighted by Gasteiger charge is -2.28. The molecule has 2 aromatic rings. The van der Waals surface area contributed by atoms with Crippen molar-refractivity contribution in [3.63, 3.8) is 0 Å². The fraction of sp³-hybridized carbons (Fsp3) is 0.500. The van der Waals surface area contributed by atoms with Crippen LogP contribution in [0.2, 0.25) is 0 Å². The fourth-order valence-electron chi connectivity index (χ4n) is 4.24. The Morgan fingerprint density at radius 3 is 2.20 bits per heavy atom. The number of unbranched alkanes of at least 4 members (excludes halogenated alkanes) is 1. The zero-order valence-electron chi connectivity index (χ0n) is 15.5. The Hall–Kier alpha value is -1.63. The Balaban J connectivity index is 1.50. The summed E-state index contributed by atoms with van der Waals surface area (Å²) in [6, 6.07) is 15.6. The second kappa shape index (κ2) is 9.17. The van der Waals surface area contributed by atoms with Crippen molar-refractivity contribution in [1.29, 1.82) is 0 Å². The van der Waals surface area contributed by atoms with Gasteiger partial charge in [0.2, 0.25) is 0 Å². The molecule has 1 heteroatoms. The molecular weight excluding hydrogens is 307 g/mol. The summed E-state index contributed by atoms with van der Waals surface area (Å²) in [6.07, 6.45) is 11.9. The van der Waals surface area contributed by atoms with Crippen molar-refractivity contribution in [2.45, 2.75) is 64.7 Å². The molecule has 1 saturated carbocycles. The van der Waals surface area contributed by atoms with E-state index >= 15 is 0 Å². The van der Waals surface area contributed by atoms with Gasteiger partial charge in [-0.15, -0.1) is 0 Å². The molecule has 0 aromatic heterocycles. The number of halogens is 1. The largest absolute Gasteiger partial charge is 0.206 e. The Bertz CT molecular complexity index is 638. The van der Waals surface area contributed by atoms with Crippen LogP contribution in [0.15, 0.2) is 48.5 Å². The van der Waals surface area contributed by atoms with E-state index < -0.39 is 0 Å². The highest BCUT2D eigenvalue weighted by atomic mass is 19.1. The summed E-state index contributed by atoms with van der Waals surface area (Å²) < 4.78 is 14.5. The van der Waals surface area contributed by atoms with Crippen LogP contribution in [-0.4, -0.2) is 0 Å². The molecule has 0 spiro atoms. The minimum absolute atomic E-state index is 0.0908. The van der Waals surface area contributed by atoms with Crippen LogP contribution >= 0.6 is 0 Å². The van der Waals surface area contributed by atoms with E-state index in [-0.39, 0.29) is 5.82 Å². The van der Waals surface area contributed by atoms with Crippen molar-refractivity contribution in [3.8, 4) is 11.1 Å². The van der Waals surface area contributed by atoms with Crippen LogP contribution < -0.4 is 0 Å². The third-order valence-electron chi connectivity index (χ3n) is 5.89. The monoisotopic (exact) mass is 338 g/mol. The first-order valence-electron chi connectivity index (χ1n) is 10.1. The van der Waals surface area contributed by atoms with E-state index in [1.54, 1.807) is 6.07 Å². The van der Waals surface area contributed by atoms with Gasteiger partial charge in [-0.2, -0.15) is 0 Å². The molecule has 0 unspecified atom stereocenters. The quantitative estimate of drug-likeness (QED) is 0.492. The average Bonchev–Trinajstić information content (AvgIpc) is 2.66. The number of hydrogen-bond donors (Lipinski definition) is 0. The van der Waals surface area contributed by atoms with Crippen LogP contribution in [0.1, 0.15) is 63.9 Å². The molecule has 0 aliphatic heterocycles. The van der Waals surface area contributed by atoms with Crippen molar-refractivity contribution in [2.75, 3.05) is 0 Å². The molecule has 134 valence electrons. The van der Waals surface area contributed by atoms with Gasteiger partial charge in [0.1, 0.15) is 5.82 Å². The fourth-order valence-corrected chi connectivity index (χ4v) is 4.24. The van der Waals surface area contributed by atoms with Gasteiger partial charge in [-0.3, -0.25) is 0 Å². The molecule has 25 heavy (non-hydrogen) atoms. The number of hydrogen-bond acceptors (Lipinski definition) is 0. The van der Waals surface area contributed by atoms with E-state index in [1.807, 2.05) is 36.4 Å². The molecule has 0 radical (unpaired) electrons. The first kappa shape index (κ1) is 18.2. The molecule has 1 aliphatic rings. The number of benzene rings is 2. The molecule has 0 saturated heterocycles. The average molecular weight is 339 g/mol. The van der Waals surface area contributed by atoms with Crippen LogP contribution in [0.25, 0.3) is 11.1 Å². The summed E-state index contributed by atoms with van der Waals surface area (Å²) >= 11 is 0. The van der Waals surface area contributed by atoms with Gasteiger partial charge in [0.05, 0.1) is 0 Å². The van der Waals surface area contributed by atoms with Crippen LogP contribution in [0.5, 0.6) is 0 Å². The SMILES string of the molecule is CCCCC1CCC(CCc2ccc(-c3ccccc3)c(F)c2)CC1. The standard InChI is InChI=1S/C24H31F/c1-2-3-7-19-10-12-20(13-11-19)14-15-21-16-17-23(24(25)18-21)22-8-5-4-6-9-22/h4-6,8-9,16-20H,2-3,7,10-15H2,1H3. The Morgan fingerprint density at radius 1 is 0.880 bits per heavy atom. The molecule has 0 bridgehead atoms.